The van der Waals surface area contributed by atoms with E-state index < -0.39 is 6.04 Å². The third-order valence-corrected chi connectivity index (χ3v) is 4.14. The first-order chi connectivity index (χ1) is 9.54. The number of thioether (sulfide) groups is 1. The first-order valence-electron chi connectivity index (χ1n) is 6.50. The molecule has 1 atom stereocenters. The van der Waals surface area contributed by atoms with Gasteiger partial charge in [0.15, 0.2) is 0 Å². The number of carbonyl (C=O) groups excluding carboxylic acids is 1. The number of rotatable bonds is 8. The Bertz CT molecular complexity index is 443. The van der Waals surface area contributed by atoms with Crippen molar-refractivity contribution in [2.45, 2.75) is 25.3 Å². The number of aryl methyl sites for hydroxylation is 1. The quantitative estimate of drug-likeness (QED) is 0.718. The second-order valence-electron chi connectivity index (χ2n) is 4.52. The van der Waals surface area contributed by atoms with Crippen LogP contribution in [0.5, 0.6) is 0 Å². The summed E-state index contributed by atoms with van der Waals surface area (Å²) in [6, 6.07) is 5.05. The molecule has 1 rings (SSSR count). The molecule has 0 bridgehead atoms. The van der Waals surface area contributed by atoms with Gasteiger partial charge in [0.25, 0.3) is 0 Å². The van der Waals surface area contributed by atoms with E-state index in [-0.39, 0.29) is 5.91 Å². The summed E-state index contributed by atoms with van der Waals surface area (Å²) in [4.78, 5) is 11.7. The summed E-state index contributed by atoms with van der Waals surface area (Å²) in [7, 11) is 0. The lowest BCUT2D eigenvalue weighted by Crippen LogP contribution is -2.41. The Morgan fingerprint density at radius 3 is 2.85 bits per heavy atom. The van der Waals surface area contributed by atoms with Crippen molar-refractivity contribution in [1.82, 2.24) is 5.32 Å². The predicted octanol–water partition coefficient (Wildman–Crippen LogP) is 3.12. The lowest BCUT2D eigenvalue weighted by atomic mass is 10.1. The molecule has 0 radical (unpaired) electrons. The molecule has 3 nitrogen and oxygen atoms in total. The number of carbonyl (C=O) groups is 1. The molecule has 1 aromatic carbocycles. The molecule has 0 aliphatic rings. The second-order valence-corrected chi connectivity index (χ2v) is 6.35. The normalized spacial score (nSPS) is 12.2. The van der Waals surface area contributed by atoms with Crippen LogP contribution in [0.2, 0.25) is 10.0 Å². The van der Waals surface area contributed by atoms with Crippen molar-refractivity contribution in [3.63, 3.8) is 0 Å². The smallest absolute Gasteiger partial charge is 0.236 e. The van der Waals surface area contributed by atoms with Crippen molar-refractivity contribution in [3.05, 3.63) is 33.8 Å². The molecule has 6 heteroatoms. The van der Waals surface area contributed by atoms with E-state index in [4.69, 9.17) is 28.9 Å². The Morgan fingerprint density at radius 2 is 2.20 bits per heavy atom. The van der Waals surface area contributed by atoms with E-state index in [1.807, 2.05) is 18.4 Å². The average Bonchev–Trinajstić information content (AvgIpc) is 2.42. The van der Waals surface area contributed by atoms with Gasteiger partial charge in [0.2, 0.25) is 5.91 Å². The number of hydrogen-bond donors (Lipinski definition) is 2. The van der Waals surface area contributed by atoms with Crippen molar-refractivity contribution in [2.24, 2.45) is 5.73 Å². The molecule has 0 aromatic heterocycles. The van der Waals surface area contributed by atoms with Crippen LogP contribution < -0.4 is 11.1 Å². The molecular formula is C14H20Cl2N2OS. The van der Waals surface area contributed by atoms with Crippen LogP contribution in [-0.2, 0) is 11.2 Å². The topological polar surface area (TPSA) is 55.1 Å². The summed E-state index contributed by atoms with van der Waals surface area (Å²) in [5, 5.41) is 4.15. The highest BCUT2D eigenvalue weighted by Crippen LogP contribution is 2.21. The second kappa shape index (κ2) is 9.50. The van der Waals surface area contributed by atoms with Crippen LogP contribution in [0.15, 0.2) is 18.2 Å². The number of halogens is 2. The van der Waals surface area contributed by atoms with E-state index >= 15 is 0 Å². The van der Waals surface area contributed by atoms with E-state index in [0.717, 1.165) is 24.2 Å². The number of benzene rings is 1. The Morgan fingerprint density at radius 1 is 1.45 bits per heavy atom. The van der Waals surface area contributed by atoms with Crippen LogP contribution in [0, 0.1) is 0 Å². The molecule has 3 N–H and O–H groups in total. The maximum atomic E-state index is 11.7. The van der Waals surface area contributed by atoms with Crippen molar-refractivity contribution >= 4 is 40.9 Å². The number of nitrogens with two attached hydrogens (primary N) is 1. The van der Waals surface area contributed by atoms with Gasteiger partial charge < -0.3 is 11.1 Å². The largest absolute Gasteiger partial charge is 0.355 e. The fraction of sp³-hybridized carbons (Fsp3) is 0.500. The third kappa shape index (κ3) is 6.35. The van der Waals surface area contributed by atoms with E-state index in [2.05, 4.69) is 5.32 Å². The molecule has 0 aliphatic carbocycles. The van der Waals surface area contributed by atoms with Gasteiger partial charge in [0.1, 0.15) is 0 Å². The first-order valence-corrected chi connectivity index (χ1v) is 8.65. The van der Waals surface area contributed by atoms with Crippen LogP contribution in [0.25, 0.3) is 0 Å². The van der Waals surface area contributed by atoms with Gasteiger partial charge in [-0.1, -0.05) is 29.3 Å². The van der Waals surface area contributed by atoms with Gasteiger partial charge in [-0.15, -0.1) is 0 Å². The van der Waals surface area contributed by atoms with E-state index in [1.54, 1.807) is 17.8 Å². The van der Waals surface area contributed by atoms with Crippen LogP contribution >= 0.6 is 35.0 Å². The van der Waals surface area contributed by atoms with Gasteiger partial charge in [-0.25, -0.2) is 0 Å². The highest BCUT2D eigenvalue weighted by Gasteiger charge is 2.11. The maximum absolute atomic E-state index is 11.7. The van der Waals surface area contributed by atoms with Crippen LogP contribution in [0.4, 0.5) is 0 Å². The Labute approximate surface area is 134 Å². The molecule has 0 fully saturated rings. The van der Waals surface area contributed by atoms with Gasteiger partial charge >= 0.3 is 0 Å². The number of nitrogens with one attached hydrogen (secondary N) is 1. The fourth-order valence-electron chi connectivity index (χ4n) is 1.72. The van der Waals surface area contributed by atoms with Gasteiger partial charge in [-0.3, -0.25) is 4.79 Å². The Balaban J connectivity index is 2.26. The average molecular weight is 335 g/mol. The lowest BCUT2D eigenvalue weighted by Gasteiger charge is -2.11. The highest BCUT2D eigenvalue weighted by atomic mass is 35.5. The minimum atomic E-state index is -0.415. The zero-order valence-corrected chi connectivity index (χ0v) is 13.8. The van der Waals surface area contributed by atoms with E-state index in [0.29, 0.717) is 23.0 Å². The molecule has 20 heavy (non-hydrogen) atoms. The number of hydrogen-bond acceptors (Lipinski definition) is 3. The summed E-state index contributed by atoms with van der Waals surface area (Å²) in [6.07, 6.45) is 4.33. The summed E-state index contributed by atoms with van der Waals surface area (Å²) in [6.45, 7) is 0.602. The summed E-state index contributed by atoms with van der Waals surface area (Å²) >= 11 is 13.6. The van der Waals surface area contributed by atoms with Crippen LogP contribution in [0.3, 0.4) is 0 Å². The zero-order valence-electron chi connectivity index (χ0n) is 11.5. The Hall–Kier alpha value is -0.420. The van der Waals surface area contributed by atoms with Crippen molar-refractivity contribution < 1.29 is 4.79 Å². The molecule has 112 valence electrons. The molecule has 1 amide bonds. The Kier molecular flexibility index (Phi) is 8.38. The molecule has 0 heterocycles. The van der Waals surface area contributed by atoms with Crippen LogP contribution in [0.1, 0.15) is 18.4 Å². The summed E-state index contributed by atoms with van der Waals surface area (Å²) in [5.41, 5.74) is 6.82. The van der Waals surface area contributed by atoms with Gasteiger partial charge in [0.05, 0.1) is 6.04 Å². The van der Waals surface area contributed by atoms with E-state index in [1.165, 1.54) is 0 Å². The molecule has 0 unspecified atom stereocenters. The van der Waals surface area contributed by atoms with Crippen LogP contribution in [-0.4, -0.2) is 30.5 Å². The minimum Gasteiger partial charge on any atom is -0.355 e. The zero-order chi connectivity index (χ0) is 15.0. The van der Waals surface area contributed by atoms with Gasteiger partial charge in [-0.2, -0.15) is 11.8 Å². The van der Waals surface area contributed by atoms with Gasteiger partial charge in [0, 0.05) is 16.6 Å². The molecule has 0 aliphatic heterocycles. The fourth-order valence-corrected chi connectivity index (χ4v) is 2.71. The lowest BCUT2D eigenvalue weighted by molar-refractivity contribution is -0.122. The molecule has 0 saturated carbocycles. The highest BCUT2D eigenvalue weighted by molar-refractivity contribution is 7.98. The SMILES string of the molecule is CSCC[C@H](N)C(=O)NCCCc1ccc(Cl)cc1Cl. The standard InChI is InChI=1S/C14H20Cl2N2OS/c1-20-8-6-13(17)14(19)18-7-2-3-10-4-5-11(15)9-12(10)16/h4-5,9,13H,2-3,6-8,17H2,1H3,(H,18,19)/t13-/m0/s1. The van der Waals surface area contributed by atoms with Crippen molar-refractivity contribution in [3.8, 4) is 0 Å². The monoisotopic (exact) mass is 334 g/mol. The summed E-state index contributed by atoms with van der Waals surface area (Å²) in [5.74, 6) is 0.816. The van der Waals surface area contributed by atoms with Gasteiger partial charge in [-0.05, 0) is 49.0 Å². The first kappa shape index (κ1) is 17.6. The number of amides is 1. The predicted molar refractivity (Wildman–Crippen MR) is 88.8 cm³/mol. The van der Waals surface area contributed by atoms with E-state index in [9.17, 15) is 4.79 Å². The maximum Gasteiger partial charge on any atom is 0.236 e. The molecule has 0 saturated heterocycles. The minimum absolute atomic E-state index is 0.0822. The molecule has 1 aromatic rings. The third-order valence-electron chi connectivity index (χ3n) is 2.91. The molecular weight excluding hydrogens is 315 g/mol. The van der Waals surface area contributed by atoms with Crippen molar-refractivity contribution in [1.29, 1.82) is 0 Å². The molecule has 0 spiro atoms. The van der Waals surface area contributed by atoms with Crippen molar-refractivity contribution in [2.75, 3.05) is 18.6 Å². The summed E-state index contributed by atoms with van der Waals surface area (Å²) < 4.78 is 0.